The van der Waals surface area contributed by atoms with Crippen molar-refractivity contribution >= 4 is 25.8 Å². The van der Waals surface area contributed by atoms with E-state index in [1.807, 2.05) is 6.07 Å². The first-order chi connectivity index (χ1) is 7.45. The van der Waals surface area contributed by atoms with E-state index in [0.29, 0.717) is 10.9 Å². The summed E-state index contributed by atoms with van der Waals surface area (Å²) in [6.07, 6.45) is 0.424. The lowest BCUT2D eigenvalue weighted by Crippen LogP contribution is -2.23. The minimum absolute atomic E-state index is 0.0883. The molecule has 84 valence electrons. The van der Waals surface area contributed by atoms with E-state index in [-0.39, 0.29) is 10.8 Å². The molecule has 0 spiro atoms. The van der Waals surface area contributed by atoms with Crippen LogP contribution in [0, 0.1) is 17.2 Å². The van der Waals surface area contributed by atoms with E-state index < -0.39 is 14.6 Å². The van der Waals surface area contributed by atoms with Crippen LogP contribution in [0.2, 0.25) is 0 Å². The van der Waals surface area contributed by atoms with Crippen molar-refractivity contribution in [1.29, 1.82) is 5.26 Å². The number of nitriles is 1. The maximum Gasteiger partial charge on any atom is 0.198 e. The van der Waals surface area contributed by atoms with Crippen molar-refractivity contribution in [2.45, 2.75) is 23.0 Å². The molecule has 0 aliphatic heterocycles. The van der Waals surface area contributed by atoms with Crippen LogP contribution in [-0.2, 0) is 9.84 Å². The molecule has 1 aromatic rings. The Hall–Kier alpha value is -0.860. The average Bonchev–Trinajstić information content (AvgIpc) is 2.92. The van der Waals surface area contributed by atoms with Gasteiger partial charge in [-0.25, -0.2) is 8.42 Å². The van der Waals surface area contributed by atoms with E-state index in [1.165, 1.54) is 6.07 Å². The summed E-state index contributed by atoms with van der Waals surface area (Å²) in [7, 11) is -3.57. The van der Waals surface area contributed by atoms with Gasteiger partial charge in [0.1, 0.15) is 0 Å². The number of rotatable bonds is 2. The molecule has 0 heterocycles. The van der Waals surface area contributed by atoms with Crippen LogP contribution in [0.15, 0.2) is 33.6 Å². The third-order valence-corrected chi connectivity index (χ3v) is 6.55. The van der Waals surface area contributed by atoms with Crippen LogP contribution >= 0.6 is 15.9 Å². The van der Waals surface area contributed by atoms with Gasteiger partial charge in [-0.15, -0.1) is 0 Å². The lowest BCUT2D eigenvalue weighted by molar-refractivity contribution is 0.584. The van der Waals surface area contributed by atoms with Gasteiger partial charge in [-0.05, 0) is 40.4 Å². The molecule has 1 aliphatic rings. The van der Waals surface area contributed by atoms with Crippen LogP contribution in [0.1, 0.15) is 13.3 Å². The van der Waals surface area contributed by atoms with Gasteiger partial charge in [-0.1, -0.05) is 19.1 Å². The standard InChI is InChI=1S/C11H10BrNO2S/c1-8-6-11(8,7-13)16(14,15)10-5-3-2-4-9(10)12/h2-5,8H,6H2,1H3. The predicted molar refractivity (Wildman–Crippen MR) is 63.5 cm³/mol. The summed E-state index contributed by atoms with van der Waals surface area (Å²) in [6.45, 7) is 1.79. The quantitative estimate of drug-likeness (QED) is 0.843. The molecule has 0 radical (unpaired) electrons. The topological polar surface area (TPSA) is 57.9 Å². The van der Waals surface area contributed by atoms with Crippen LogP contribution in [0.3, 0.4) is 0 Å². The van der Waals surface area contributed by atoms with Gasteiger partial charge in [0, 0.05) is 4.47 Å². The fourth-order valence-electron chi connectivity index (χ4n) is 1.85. The molecule has 1 aliphatic carbocycles. The van der Waals surface area contributed by atoms with E-state index in [1.54, 1.807) is 25.1 Å². The fourth-order valence-corrected chi connectivity index (χ4v) is 4.86. The Balaban J connectivity index is 2.59. The number of sulfone groups is 1. The first kappa shape index (κ1) is 11.6. The Bertz CT molecular complexity index is 576. The molecule has 2 rings (SSSR count). The molecule has 2 atom stereocenters. The Morgan fingerprint density at radius 2 is 2.06 bits per heavy atom. The van der Waals surface area contributed by atoms with E-state index >= 15 is 0 Å². The highest BCUT2D eigenvalue weighted by atomic mass is 79.9. The number of hydrogen-bond acceptors (Lipinski definition) is 3. The molecular formula is C11H10BrNO2S. The highest BCUT2D eigenvalue weighted by Gasteiger charge is 2.63. The number of hydrogen-bond donors (Lipinski definition) is 0. The Morgan fingerprint density at radius 1 is 1.50 bits per heavy atom. The van der Waals surface area contributed by atoms with Gasteiger partial charge in [0.15, 0.2) is 14.6 Å². The second-order valence-electron chi connectivity index (χ2n) is 4.04. The zero-order valence-electron chi connectivity index (χ0n) is 8.64. The predicted octanol–water partition coefficient (Wildman–Crippen LogP) is 2.52. The smallest absolute Gasteiger partial charge is 0.198 e. The molecule has 5 heteroatoms. The summed E-state index contributed by atoms with van der Waals surface area (Å²) >= 11 is 3.21. The van der Waals surface area contributed by atoms with Crippen molar-refractivity contribution in [3.8, 4) is 6.07 Å². The van der Waals surface area contributed by atoms with Crippen molar-refractivity contribution in [3.05, 3.63) is 28.7 Å². The average molecular weight is 300 g/mol. The highest BCUT2D eigenvalue weighted by molar-refractivity contribution is 9.10. The SMILES string of the molecule is CC1CC1(C#N)S(=O)(=O)c1ccccc1Br. The molecule has 0 bridgehead atoms. The summed E-state index contributed by atoms with van der Waals surface area (Å²) < 4.78 is 24.0. The maximum atomic E-state index is 12.3. The zero-order chi connectivity index (χ0) is 12.0. The molecule has 16 heavy (non-hydrogen) atoms. The largest absolute Gasteiger partial charge is 0.222 e. The summed E-state index contributed by atoms with van der Waals surface area (Å²) in [4.78, 5) is 0.209. The summed E-state index contributed by atoms with van der Waals surface area (Å²) in [5.74, 6) is -0.0883. The minimum Gasteiger partial charge on any atom is -0.222 e. The monoisotopic (exact) mass is 299 g/mol. The molecule has 2 unspecified atom stereocenters. The number of benzene rings is 1. The molecule has 3 nitrogen and oxygen atoms in total. The first-order valence-corrected chi connectivity index (χ1v) is 7.14. The second-order valence-corrected chi connectivity index (χ2v) is 7.07. The van der Waals surface area contributed by atoms with Crippen LogP contribution < -0.4 is 0 Å². The van der Waals surface area contributed by atoms with Gasteiger partial charge >= 0.3 is 0 Å². The maximum absolute atomic E-state index is 12.3. The summed E-state index contributed by atoms with van der Waals surface area (Å²) in [6, 6.07) is 8.57. The van der Waals surface area contributed by atoms with Crippen molar-refractivity contribution < 1.29 is 8.42 Å². The van der Waals surface area contributed by atoms with Gasteiger partial charge in [0.2, 0.25) is 0 Å². The first-order valence-electron chi connectivity index (χ1n) is 4.86. The van der Waals surface area contributed by atoms with Crippen molar-refractivity contribution in [2.75, 3.05) is 0 Å². The highest BCUT2D eigenvalue weighted by Crippen LogP contribution is 2.52. The molecular weight excluding hydrogens is 290 g/mol. The van der Waals surface area contributed by atoms with Crippen molar-refractivity contribution in [3.63, 3.8) is 0 Å². The summed E-state index contributed by atoms with van der Waals surface area (Å²) in [5.41, 5.74) is 0. The molecule has 0 N–H and O–H groups in total. The van der Waals surface area contributed by atoms with Gasteiger partial charge in [-0.3, -0.25) is 0 Å². The molecule has 1 aromatic carbocycles. The van der Waals surface area contributed by atoms with Crippen LogP contribution in [0.5, 0.6) is 0 Å². The minimum atomic E-state index is -3.57. The van der Waals surface area contributed by atoms with E-state index in [0.717, 1.165) is 0 Å². The number of halogens is 1. The van der Waals surface area contributed by atoms with Crippen LogP contribution in [0.25, 0.3) is 0 Å². The normalized spacial score (nSPS) is 28.4. The van der Waals surface area contributed by atoms with Crippen LogP contribution in [-0.4, -0.2) is 13.2 Å². The molecule has 1 fully saturated rings. The number of nitrogens with zero attached hydrogens (tertiary/aromatic N) is 1. The lowest BCUT2D eigenvalue weighted by atomic mass is 10.4. The molecule has 0 aromatic heterocycles. The fraction of sp³-hybridized carbons (Fsp3) is 0.364. The van der Waals surface area contributed by atoms with Gasteiger partial charge in [0.25, 0.3) is 0 Å². The van der Waals surface area contributed by atoms with Gasteiger partial charge in [-0.2, -0.15) is 5.26 Å². The van der Waals surface area contributed by atoms with E-state index in [4.69, 9.17) is 5.26 Å². The van der Waals surface area contributed by atoms with Crippen LogP contribution in [0.4, 0.5) is 0 Å². The lowest BCUT2D eigenvalue weighted by Gasteiger charge is -2.10. The molecule has 1 saturated carbocycles. The molecule has 0 saturated heterocycles. The third-order valence-electron chi connectivity index (χ3n) is 3.04. The van der Waals surface area contributed by atoms with Gasteiger partial charge < -0.3 is 0 Å². The summed E-state index contributed by atoms with van der Waals surface area (Å²) in [5, 5.41) is 9.07. The Morgan fingerprint density at radius 3 is 2.50 bits per heavy atom. The van der Waals surface area contributed by atoms with Crippen molar-refractivity contribution in [1.82, 2.24) is 0 Å². The Kier molecular flexibility index (Phi) is 2.59. The molecule has 0 amide bonds. The second kappa shape index (κ2) is 3.57. The third kappa shape index (κ3) is 1.40. The van der Waals surface area contributed by atoms with Gasteiger partial charge in [0.05, 0.1) is 11.0 Å². The Labute approximate surface area is 103 Å². The van der Waals surface area contributed by atoms with Crippen molar-refractivity contribution in [2.24, 2.45) is 5.92 Å². The van der Waals surface area contributed by atoms with E-state index in [2.05, 4.69) is 15.9 Å². The van der Waals surface area contributed by atoms with E-state index in [9.17, 15) is 8.42 Å². The zero-order valence-corrected chi connectivity index (χ0v) is 11.0.